The summed E-state index contributed by atoms with van der Waals surface area (Å²) >= 11 is 0. The molecule has 1 aromatic rings. The molecule has 0 bridgehead atoms. The topological polar surface area (TPSA) is 75.6 Å². The van der Waals surface area contributed by atoms with Crippen molar-refractivity contribution in [2.24, 2.45) is 0 Å². The van der Waals surface area contributed by atoms with Crippen LogP contribution in [0.2, 0.25) is 0 Å². The summed E-state index contributed by atoms with van der Waals surface area (Å²) < 4.78 is 5.00. The fourth-order valence-electron chi connectivity index (χ4n) is 1.60. The number of ether oxygens (including phenoxy) is 1. The molecule has 0 aliphatic rings. The predicted octanol–water partition coefficient (Wildman–Crippen LogP) is 1.43. The van der Waals surface area contributed by atoms with Gasteiger partial charge in [-0.1, -0.05) is 25.1 Å². The average Bonchev–Trinajstić information content (AvgIpc) is 2.36. The fourth-order valence-corrected chi connectivity index (χ4v) is 1.60. The van der Waals surface area contributed by atoms with Crippen LogP contribution in [0.5, 0.6) is 0 Å². The predicted molar refractivity (Wildman–Crippen MR) is 66.3 cm³/mol. The normalized spacial score (nSPS) is 11.9. The molecule has 18 heavy (non-hydrogen) atoms. The highest BCUT2D eigenvalue weighted by molar-refractivity contribution is 5.97. The Morgan fingerprint density at radius 1 is 1.39 bits per heavy atom. The molecule has 0 aliphatic heterocycles. The molecule has 0 aliphatic carbocycles. The van der Waals surface area contributed by atoms with Gasteiger partial charge < -0.3 is 15.2 Å². The summed E-state index contributed by atoms with van der Waals surface area (Å²) in [6.07, 6.45) is 0.341. The van der Waals surface area contributed by atoms with Crippen LogP contribution in [-0.4, -0.2) is 30.1 Å². The number of hydrogen-bond acceptors (Lipinski definition) is 3. The SMILES string of the molecule is CC[C@@H](NC(=O)c1ccccc1COC)C(=O)O. The Bertz CT molecular complexity index is 431. The zero-order chi connectivity index (χ0) is 13.5. The molecule has 0 unspecified atom stereocenters. The van der Waals surface area contributed by atoms with Crippen LogP contribution in [0.3, 0.4) is 0 Å². The first-order chi connectivity index (χ1) is 8.60. The lowest BCUT2D eigenvalue weighted by atomic mass is 10.1. The number of hydrogen-bond donors (Lipinski definition) is 2. The summed E-state index contributed by atoms with van der Waals surface area (Å²) in [5.41, 5.74) is 1.18. The van der Waals surface area contributed by atoms with E-state index in [0.29, 0.717) is 18.6 Å². The average molecular weight is 251 g/mol. The Kier molecular flexibility index (Phi) is 5.32. The van der Waals surface area contributed by atoms with Gasteiger partial charge in [0, 0.05) is 12.7 Å². The molecule has 1 amide bonds. The maximum absolute atomic E-state index is 12.0. The molecule has 5 nitrogen and oxygen atoms in total. The zero-order valence-corrected chi connectivity index (χ0v) is 10.5. The summed E-state index contributed by atoms with van der Waals surface area (Å²) in [4.78, 5) is 22.9. The molecule has 1 rings (SSSR count). The Hall–Kier alpha value is -1.88. The summed E-state index contributed by atoms with van der Waals surface area (Å²) in [5.74, 6) is -1.42. The number of benzene rings is 1. The number of carboxylic acids is 1. The monoisotopic (exact) mass is 251 g/mol. The summed E-state index contributed by atoms with van der Waals surface area (Å²) in [6.45, 7) is 2.02. The molecule has 0 fully saturated rings. The Morgan fingerprint density at radius 2 is 2.06 bits per heavy atom. The third-order valence-corrected chi connectivity index (χ3v) is 2.57. The van der Waals surface area contributed by atoms with Gasteiger partial charge in [-0.15, -0.1) is 0 Å². The van der Waals surface area contributed by atoms with E-state index >= 15 is 0 Å². The van der Waals surface area contributed by atoms with Gasteiger partial charge in [-0.05, 0) is 18.1 Å². The first-order valence-corrected chi connectivity index (χ1v) is 5.70. The largest absolute Gasteiger partial charge is 0.480 e. The number of amides is 1. The van der Waals surface area contributed by atoms with E-state index < -0.39 is 17.9 Å². The van der Waals surface area contributed by atoms with E-state index in [2.05, 4.69) is 5.32 Å². The molecule has 98 valence electrons. The Morgan fingerprint density at radius 3 is 2.61 bits per heavy atom. The number of methoxy groups -OCH3 is 1. The second-order valence-corrected chi connectivity index (χ2v) is 3.86. The van der Waals surface area contributed by atoms with Crippen LogP contribution in [-0.2, 0) is 16.1 Å². The van der Waals surface area contributed by atoms with E-state index in [0.717, 1.165) is 5.56 Å². The number of carbonyl (C=O) groups excluding carboxylic acids is 1. The maximum Gasteiger partial charge on any atom is 0.326 e. The van der Waals surface area contributed by atoms with Gasteiger partial charge in [-0.2, -0.15) is 0 Å². The van der Waals surface area contributed by atoms with Crippen LogP contribution >= 0.6 is 0 Å². The third-order valence-electron chi connectivity index (χ3n) is 2.57. The number of aliphatic carboxylic acids is 1. The lowest BCUT2D eigenvalue weighted by Crippen LogP contribution is -2.40. The van der Waals surface area contributed by atoms with Crippen molar-refractivity contribution < 1.29 is 19.4 Å². The van der Waals surface area contributed by atoms with E-state index in [1.807, 2.05) is 0 Å². The lowest BCUT2D eigenvalue weighted by Gasteiger charge is -2.14. The minimum atomic E-state index is -1.03. The van der Waals surface area contributed by atoms with Gasteiger partial charge in [0.2, 0.25) is 0 Å². The molecule has 0 spiro atoms. The van der Waals surface area contributed by atoms with Gasteiger partial charge in [0.05, 0.1) is 6.61 Å². The molecular weight excluding hydrogens is 234 g/mol. The van der Waals surface area contributed by atoms with E-state index in [1.54, 1.807) is 38.3 Å². The summed E-state index contributed by atoms with van der Waals surface area (Å²) in [5, 5.41) is 11.4. The molecule has 1 aromatic carbocycles. The molecule has 0 saturated heterocycles. The Balaban J connectivity index is 2.86. The van der Waals surface area contributed by atoms with Crippen molar-refractivity contribution in [1.29, 1.82) is 0 Å². The Labute approximate surface area is 106 Å². The van der Waals surface area contributed by atoms with Gasteiger partial charge in [-0.25, -0.2) is 4.79 Å². The standard InChI is InChI=1S/C13H17NO4/c1-3-11(13(16)17)14-12(15)10-7-5-4-6-9(10)8-18-2/h4-7,11H,3,8H2,1-2H3,(H,14,15)(H,16,17)/t11-/m1/s1. The highest BCUT2D eigenvalue weighted by Gasteiger charge is 2.19. The highest BCUT2D eigenvalue weighted by Crippen LogP contribution is 2.10. The van der Waals surface area contributed by atoms with Crippen LogP contribution in [0.15, 0.2) is 24.3 Å². The van der Waals surface area contributed by atoms with Gasteiger partial charge in [0.25, 0.3) is 5.91 Å². The van der Waals surface area contributed by atoms with E-state index in [1.165, 1.54) is 0 Å². The summed E-state index contributed by atoms with van der Waals surface area (Å²) in [6, 6.07) is 6.10. The van der Waals surface area contributed by atoms with E-state index in [-0.39, 0.29) is 0 Å². The van der Waals surface area contributed by atoms with Crippen molar-refractivity contribution in [2.45, 2.75) is 26.0 Å². The van der Waals surface area contributed by atoms with Gasteiger partial charge in [0.15, 0.2) is 0 Å². The number of carbonyl (C=O) groups is 2. The molecule has 1 atom stereocenters. The van der Waals surface area contributed by atoms with Crippen molar-refractivity contribution in [3.63, 3.8) is 0 Å². The minimum Gasteiger partial charge on any atom is -0.480 e. The molecule has 0 aromatic heterocycles. The highest BCUT2D eigenvalue weighted by atomic mass is 16.5. The van der Waals surface area contributed by atoms with Crippen LogP contribution in [0.25, 0.3) is 0 Å². The second kappa shape index (κ2) is 6.76. The van der Waals surface area contributed by atoms with Crippen LogP contribution < -0.4 is 5.32 Å². The van der Waals surface area contributed by atoms with Crippen molar-refractivity contribution in [2.75, 3.05) is 7.11 Å². The summed E-state index contributed by atoms with van der Waals surface area (Å²) in [7, 11) is 1.54. The van der Waals surface area contributed by atoms with E-state index in [9.17, 15) is 9.59 Å². The first-order valence-electron chi connectivity index (χ1n) is 5.70. The van der Waals surface area contributed by atoms with Crippen LogP contribution in [0.4, 0.5) is 0 Å². The second-order valence-electron chi connectivity index (χ2n) is 3.86. The molecule has 0 saturated carbocycles. The van der Waals surface area contributed by atoms with Crippen molar-refractivity contribution >= 4 is 11.9 Å². The number of rotatable bonds is 6. The number of carboxylic acid groups (broad SMARTS) is 1. The van der Waals surface area contributed by atoms with E-state index in [4.69, 9.17) is 9.84 Å². The van der Waals surface area contributed by atoms with Gasteiger partial charge in [0.1, 0.15) is 6.04 Å². The van der Waals surface area contributed by atoms with Crippen molar-refractivity contribution in [3.8, 4) is 0 Å². The van der Waals surface area contributed by atoms with Crippen LogP contribution in [0.1, 0.15) is 29.3 Å². The smallest absolute Gasteiger partial charge is 0.326 e. The number of nitrogens with one attached hydrogen (secondary N) is 1. The third kappa shape index (κ3) is 3.56. The fraction of sp³-hybridized carbons (Fsp3) is 0.385. The maximum atomic E-state index is 12.0. The van der Waals surface area contributed by atoms with Gasteiger partial charge >= 0.3 is 5.97 Å². The van der Waals surface area contributed by atoms with Crippen molar-refractivity contribution in [1.82, 2.24) is 5.32 Å². The van der Waals surface area contributed by atoms with Crippen molar-refractivity contribution in [3.05, 3.63) is 35.4 Å². The molecule has 0 heterocycles. The van der Waals surface area contributed by atoms with Gasteiger partial charge in [-0.3, -0.25) is 4.79 Å². The lowest BCUT2D eigenvalue weighted by molar-refractivity contribution is -0.139. The first kappa shape index (κ1) is 14.2. The van der Waals surface area contributed by atoms with Crippen LogP contribution in [0, 0.1) is 0 Å². The molecule has 5 heteroatoms. The zero-order valence-electron chi connectivity index (χ0n) is 10.5. The molecule has 0 radical (unpaired) electrons. The quantitative estimate of drug-likeness (QED) is 0.802. The minimum absolute atomic E-state index is 0.313. The molecule has 2 N–H and O–H groups in total. The molecular formula is C13H17NO4.